The maximum Gasteiger partial charge on any atom is 0.225 e. The van der Waals surface area contributed by atoms with Crippen LogP contribution in [0.5, 0.6) is 0 Å². The molecule has 4 aromatic heterocycles. The summed E-state index contributed by atoms with van der Waals surface area (Å²) in [5.74, 6) is 2.56. The Balaban J connectivity index is 1.19. The second-order valence-electron chi connectivity index (χ2n) is 7.13. The van der Waals surface area contributed by atoms with Gasteiger partial charge >= 0.3 is 0 Å². The number of hydrogen-bond donors (Lipinski definition) is 0. The van der Waals surface area contributed by atoms with Crippen molar-refractivity contribution in [3.63, 3.8) is 0 Å². The molecule has 154 valence electrons. The number of aromatic nitrogens is 7. The topological polar surface area (TPSA) is 88.8 Å². The van der Waals surface area contributed by atoms with Gasteiger partial charge in [0.2, 0.25) is 5.95 Å². The number of hydrogen-bond acceptors (Lipinski definition) is 8. The molecule has 4 aromatic rings. The fourth-order valence-corrected chi connectivity index (χ4v) is 3.42. The van der Waals surface area contributed by atoms with E-state index in [0.29, 0.717) is 0 Å². The SMILES string of the molecule is C(=C\c1cnc(N2CCN(c3ccccn3)CC2)nc1)/c1ccc(-n2cnnc2)nc1. The van der Waals surface area contributed by atoms with Gasteiger partial charge in [-0.3, -0.25) is 4.57 Å². The molecule has 1 aliphatic heterocycles. The summed E-state index contributed by atoms with van der Waals surface area (Å²) in [5.41, 5.74) is 1.94. The van der Waals surface area contributed by atoms with Crippen molar-refractivity contribution in [1.82, 2.24) is 34.7 Å². The van der Waals surface area contributed by atoms with Crippen molar-refractivity contribution in [2.24, 2.45) is 0 Å². The minimum atomic E-state index is 0.762. The summed E-state index contributed by atoms with van der Waals surface area (Å²) >= 11 is 0. The van der Waals surface area contributed by atoms with Gasteiger partial charge in [-0.25, -0.2) is 19.9 Å². The van der Waals surface area contributed by atoms with Gasteiger partial charge in [-0.2, -0.15) is 0 Å². The normalized spacial score (nSPS) is 14.3. The molecule has 0 aliphatic carbocycles. The molecule has 0 radical (unpaired) electrons. The lowest BCUT2D eigenvalue weighted by atomic mass is 10.2. The third kappa shape index (κ3) is 4.40. The molecule has 1 fully saturated rings. The van der Waals surface area contributed by atoms with Crippen LogP contribution >= 0.6 is 0 Å². The van der Waals surface area contributed by atoms with E-state index in [9.17, 15) is 0 Å². The summed E-state index contributed by atoms with van der Waals surface area (Å²) in [6.45, 7) is 3.55. The van der Waals surface area contributed by atoms with Gasteiger partial charge < -0.3 is 9.80 Å². The van der Waals surface area contributed by atoms with Gasteiger partial charge in [0.05, 0.1) is 0 Å². The Kier molecular flexibility index (Phi) is 5.29. The zero-order valence-electron chi connectivity index (χ0n) is 16.9. The molecule has 1 aliphatic rings. The standard InChI is InChI=1S/C22H21N9/c1-2-8-23-20(3-1)29-9-11-30(12-10-29)22-25-14-19(15-26-22)5-4-18-6-7-21(24-13-18)31-16-27-28-17-31/h1-8,13-17H,9-12H2/b5-4+. The van der Waals surface area contributed by atoms with E-state index in [-0.39, 0.29) is 0 Å². The van der Waals surface area contributed by atoms with Crippen LogP contribution in [0.25, 0.3) is 18.0 Å². The summed E-state index contributed by atoms with van der Waals surface area (Å²) in [6.07, 6.45) is 14.6. The second kappa shape index (κ2) is 8.70. The minimum absolute atomic E-state index is 0.762. The van der Waals surface area contributed by atoms with Gasteiger partial charge in [-0.1, -0.05) is 18.2 Å². The van der Waals surface area contributed by atoms with Crippen LogP contribution in [0.15, 0.2) is 67.8 Å². The van der Waals surface area contributed by atoms with Crippen LogP contribution in [0, 0.1) is 0 Å². The summed E-state index contributed by atoms with van der Waals surface area (Å²) < 4.78 is 1.76. The summed E-state index contributed by atoms with van der Waals surface area (Å²) in [5, 5.41) is 7.58. The first-order chi connectivity index (χ1) is 15.3. The molecule has 5 heterocycles. The van der Waals surface area contributed by atoms with Crippen LogP contribution in [-0.2, 0) is 0 Å². The molecule has 0 aromatic carbocycles. The highest BCUT2D eigenvalue weighted by Crippen LogP contribution is 2.16. The number of pyridine rings is 2. The van der Waals surface area contributed by atoms with E-state index in [4.69, 9.17) is 0 Å². The van der Waals surface area contributed by atoms with E-state index in [0.717, 1.165) is 54.9 Å². The summed E-state index contributed by atoms with van der Waals surface area (Å²) in [6, 6.07) is 9.92. The zero-order valence-corrected chi connectivity index (χ0v) is 16.9. The van der Waals surface area contributed by atoms with Gasteiger partial charge in [0.15, 0.2) is 0 Å². The monoisotopic (exact) mass is 411 g/mol. The second-order valence-corrected chi connectivity index (χ2v) is 7.13. The smallest absolute Gasteiger partial charge is 0.225 e. The molecule has 0 atom stereocenters. The van der Waals surface area contributed by atoms with Crippen molar-refractivity contribution in [3.05, 3.63) is 78.9 Å². The summed E-state index contributed by atoms with van der Waals surface area (Å²) in [4.78, 5) is 22.5. The van der Waals surface area contributed by atoms with Gasteiger partial charge in [0.1, 0.15) is 24.3 Å². The van der Waals surface area contributed by atoms with Crippen LogP contribution in [0.1, 0.15) is 11.1 Å². The Hall–Kier alpha value is -4.14. The maximum absolute atomic E-state index is 4.56. The van der Waals surface area contributed by atoms with E-state index in [2.05, 4.69) is 39.9 Å². The molecule has 9 nitrogen and oxygen atoms in total. The van der Waals surface area contributed by atoms with E-state index in [1.165, 1.54) is 0 Å². The zero-order chi connectivity index (χ0) is 20.9. The lowest BCUT2D eigenvalue weighted by Gasteiger charge is -2.35. The fraction of sp³-hybridized carbons (Fsp3) is 0.182. The maximum atomic E-state index is 4.56. The highest BCUT2D eigenvalue weighted by Gasteiger charge is 2.19. The highest BCUT2D eigenvalue weighted by molar-refractivity contribution is 5.68. The van der Waals surface area contributed by atoms with Gasteiger partial charge in [-0.05, 0) is 29.8 Å². The Labute approximate surface area is 179 Å². The first kappa shape index (κ1) is 18.9. The van der Waals surface area contributed by atoms with Crippen molar-refractivity contribution in [2.45, 2.75) is 0 Å². The van der Waals surface area contributed by atoms with Crippen LogP contribution in [0.3, 0.4) is 0 Å². The van der Waals surface area contributed by atoms with Crippen LogP contribution < -0.4 is 9.80 Å². The number of nitrogens with zero attached hydrogens (tertiary/aromatic N) is 9. The van der Waals surface area contributed by atoms with Crippen molar-refractivity contribution >= 4 is 23.9 Å². The molecule has 31 heavy (non-hydrogen) atoms. The largest absolute Gasteiger partial charge is 0.353 e. The number of anilines is 2. The average Bonchev–Trinajstić information content (AvgIpc) is 3.39. The molecule has 5 rings (SSSR count). The average molecular weight is 411 g/mol. The van der Waals surface area contributed by atoms with Crippen molar-refractivity contribution < 1.29 is 0 Å². The van der Waals surface area contributed by atoms with E-state index >= 15 is 0 Å². The third-order valence-electron chi connectivity index (χ3n) is 5.12. The Morgan fingerprint density at radius 1 is 0.645 bits per heavy atom. The molecule has 0 N–H and O–H groups in total. The third-order valence-corrected chi connectivity index (χ3v) is 5.12. The number of piperazine rings is 1. The predicted molar refractivity (Wildman–Crippen MR) is 119 cm³/mol. The molecule has 1 saturated heterocycles. The van der Waals surface area contributed by atoms with Crippen molar-refractivity contribution in [3.8, 4) is 5.82 Å². The highest BCUT2D eigenvalue weighted by atomic mass is 15.3. The molecule has 0 amide bonds. The van der Waals surface area contributed by atoms with Crippen molar-refractivity contribution in [1.29, 1.82) is 0 Å². The molecule has 0 spiro atoms. The first-order valence-electron chi connectivity index (χ1n) is 10.1. The molecule has 0 saturated carbocycles. The quantitative estimate of drug-likeness (QED) is 0.494. The molecular formula is C22H21N9. The lowest BCUT2D eigenvalue weighted by molar-refractivity contribution is 0.634. The Morgan fingerprint density at radius 3 is 2.03 bits per heavy atom. The summed E-state index contributed by atoms with van der Waals surface area (Å²) in [7, 11) is 0. The minimum Gasteiger partial charge on any atom is -0.353 e. The van der Waals surface area contributed by atoms with Gasteiger partial charge in [-0.15, -0.1) is 10.2 Å². The number of rotatable bonds is 5. The van der Waals surface area contributed by atoms with Crippen LogP contribution in [0.2, 0.25) is 0 Å². The molecule has 0 unspecified atom stereocenters. The van der Waals surface area contributed by atoms with E-state index < -0.39 is 0 Å². The predicted octanol–water partition coefficient (Wildman–Crippen LogP) is 2.34. The van der Waals surface area contributed by atoms with E-state index in [1.54, 1.807) is 17.2 Å². The molecule has 0 bridgehead atoms. The molecular weight excluding hydrogens is 390 g/mol. The lowest BCUT2D eigenvalue weighted by Crippen LogP contribution is -2.47. The van der Waals surface area contributed by atoms with E-state index in [1.807, 2.05) is 67.3 Å². The van der Waals surface area contributed by atoms with Gasteiger partial charge in [0, 0.05) is 56.5 Å². The molecule has 9 heteroatoms. The van der Waals surface area contributed by atoms with Gasteiger partial charge in [0.25, 0.3) is 0 Å². The van der Waals surface area contributed by atoms with Crippen LogP contribution in [-0.4, -0.2) is 60.9 Å². The van der Waals surface area contributed by atoms with Crippen molar-refractivity contribution in [2.75, 3.05) is 36.0 Å². The Bertz CT molecular complexity index is 1120. The van der Waals surface area contributed by atoms with Crippen LogP contribution in [0.4, 0.5) is 11.8 Å². The first-order valence-corrected chi connectivity index (χ1v) is 10.1. The Morgan fingerprint density at radius 2 is 1.35 bits per heavy atom. The fourth-order valence-electron chi connectivity index (χ4n) is 3.42.